The number of carbonyl (C=O) groups excluding carboxylic acids is 1. The van der Waals surface area contributed by atoms with Crippen molar-refractivity contribution in [2.24, 2.45) is 7.05 Å². The maximum atomic E-state index is 12.3. The molecule has 0 saturated heterocycles. The number of hydrogen-bond acceptors (Lipinski definition) is 4. The molecule has 0 radical (unpaired) electrons. The Morgan fingerprint density at radius 3 is 3.24 bits per heavy atom. The quantitative estimate of drug-likeness (QED) is 0.887. The predicted octanol–water partition coefficient (Wildman–Crippen LogP) is 1.30. The zero-order chi connectivity index (χ0) is 14.8. The lowest BCUT2D eigenvalue weighted by Crippen LogP contribution is -2.31. The molecule has 0 aliphatic heterocycles. The van der Waals surface area contributed by atoms with E-state index >= 15 is 0 Å². The van der Waals surface area contributed by atoms with Gasteiger partial charge in [-0.1, -0.05) is 6.92 Å². The first-order chi connectivity index (χ1) is 10.2. The van der Waals surface area contributed by atoms with Crippen LogP contribution in [0, 0.1) is 0 Å². The Morgan fingerprint density at radius 1 is 1.57 bits per heavy atom. The van der Waals surface area contributed by atoms with E-state index in [1.165, 1.54) is 5.69 Å². The molecule has 21 heavy (non-hydrogen) atoms. The maximum absolute atomic E-state index is 12.3. The molecule has 1 aliphatic carbocycles. The summed E-state index contributed by atoms with van der Waals surface area (Å²) in [6.45, 7) is 2.06. The Kier molecular flexibility index (Phi) is 3.72. The van der Waals surface area contributed by atoms with E-state index in [1.54, 1.807) is 0 Å². The molecule has 112 valence electrons. The van der Waals surface area contributed by atoms with Crippen LogP contribution in [0.2, 0.25) is 0 Å². The smallest absolute Gasteiger partial charge is 0.291 e. The highest BCUT2D eigenvalue weighted by molar-refractivity contribution is 5.90. The predicted molar refractivity (Wildman–Crippen MR) is 76.7 cm³/mol. The van der Waals surface area contributed by atoms with E-state index in [2.05, 4.69) is 32.5 Å². The first-order valence-corrected chi connectivity index (χ1v) is 7.42. The third kappa shape index (κ3) is 2.68. The highest BCUT2D eigenvalue weighted by Crippen LogP contribution is 2.29. The van der Waals surface area contributed by atoms with E-state index in [0.29, 0.717) is 0 Å². The van der Waals surface area contributed by atoms with E-state index in [1.807, 2.05) is 17.9 Å². The topological polar surface area (TPSA) is 88.5 Å². The van der Waals surface area contributed by atoms with Crippen LogP contribution < -0.4 is 5.32 Å². The summed E-state index contributed by atoms with van der Waals surface area (Å²) >= 11 is 0. The molecule has 2 N–H and O–H groups in total. The van der Waals surface area contributed by atoms with E-state index in [-0.39, 0.29) is 17.8 Å². The van der Waals surface area contributed by atoms with Crippen LogP contribution in [-0.4, -0.2) is 30.9 Å². The third-order valence-corrected chi connectivity index (χ3v) is 3.90. The average molecular weight is 288 g/mol. The number of hydrogen-bond donors (Lipinski definition) is 2. The largest absolute Gasteiger partial charge is 0.342 e. The van der Waals surface area contributed by atoms with Crippen molar-refractivity contribution in [1.29, 1.82) is 0 Å². The van der Waals surface area contributed by atoms with Crippen molar-refractivity contribution in [1.82, 2.24) is 30.3 Å². The number of nitrogens with one attached hydrogen (secondary N) is 2. The van der Waals surface area contributed by atoms with Gasteiger partial charge in [-0.25, -0.2) is 4.98 Å². The average Bonchev–Trinajstić information content (AvgIpc) is 3.08. The molecule has 7 heteroatoms. The molecule has 1 atom stereocenters. The molecular weight excluding hydrogens is 268 g/mol. The SMILES string of the molecule is CCCc1nc(C(=O)NC2CCCc3c2cnn3C)n[nH]1. The first-order valence-electron chi connectivity index (χ1n) is 7.42. The summed E-state index contributed by atoms with van der Waals surface area (Å²) in [5, 5.41) is 14.1. The number of amides is 1. The normalized spacial score (nSPS) is 17.5. The van der Waals surface area contributed by atoms with Crippen molar-refractivity contribution >= 4 is 5.91 Å². The number of aromatic nitrogens is 5. The van der Waals surface area contributed by atoms with Crippen molar-refractivity contribution in [2.75, 3.05) is 0 Å². The van der Waals surface area contributed by atoms with E-state index < -0.39 is 0 Å². The standard InChI is InChI=1S/C14H20N6O/c1-3-5-12-17-13(19-18-12)14(21)16-10-6-4-7-11-9(10)8-15-20(11)2/h8,10H,3-7H2,1-2H3,(H,16,21)(H,17,18,19). The van der Waals surface area contributed by atoms with Gasteiger partial charge in [0.1, 0.15) is 5.82 Å². The molecule has 1 amide bonds. The molecule has 0 spiro atoms. The van der Waals surface area contributed by atoms with Gasteiger partial charge in [0.2, 0.25) is 5.82 Å². The Morgan fingerprint density at radius 2 is 2.43 bits per heavy atom. The van der Waals surface area contributed by atoms with Gasteiger partial charge in [0.15, 0.2) is 0 Å². The van der Waals surface area contributed by atoms with Crippen LogP contribution >= 0.6 is 0 Å². The summed E-state index contributed by atoms with van der Waals surface area (Å²) in [5.74, 6) is 0.748. The molecule has 2 aromatic rings. The first kappa shape index (κ1) is 13.8. The summed E-state index contributed by atoms with van der Waals surface area (Å²) in [6.07, 6.45) is 6.61. The highest BCUT2D eigenvalue weighted by atomic mass is 16.2. The Bertz CT molecular complexity index is 644. The molecule has 2 aromatic heterocycles. The van der Waals surface area contributed by atoms with Crippen LogP contribution in [0.5, 0.6) is 0 Å². The third-order valence-electron chi connectivity index (χ3n) is 3.90. The number of rotatable bonds is 4. The molecule has 0 saturated carbocycles. The number of aromatic amines is 1. The van der Waals surface area contributed by atoms with Gasteiger partial charge >= 0.3 is 0 Å². The molecule has 7 nitrogen and oxygen atoms in total. The van der Waals surface area contributed by atoms with Crippen LogP contribution in [0.15, 0.2) is 6.20 Å². The van der Waals surface area contributed by atoms with Gasteiger partial charge in [-0.2, -0.15) is 5.10 Å². The van der Waals surface area contributed by atoms with Gasteiger partial charge in [-0.15, -0.1) is 5.10 Å². The second-order valence-corrected chi connectivity index (χ2v) is 5.44. The second-order valence-electron chi connectivity index (χ2n) is 5.44. The molecule has 3 rings (SSSR count). The maximum Gasteiger partial charge on any atom is 0.291 e. The minimum Gasteiger partial charge on any atom is -0.342 e. The number of aryl methyl sites for hydroxylation is 2. The monoisotopic (exact) mass is 288 g/mol. The molecule has 2 heterocycles. The molecule has 0 bridgehead atoms. The Labute approximate surface area is 123 Å². The van der Waals surface area contributed by atoms with Crippen molar-refractivity contribution in [3.05, 3.63) is 29.1 Å². The van der Waals surface area contributed by atoms with Crippen molar-refractivity contribution < 1.29 is 4.79 Å². The lowest BCUT2D eigenvalue weighted by atomic mass is 9.93. The van der Waals surface area contributed by atoms with Gasteiger partial charge in [-0.3, -0.25) is 14.6 Å². The summed E-state index contributed by atoms with van der Waals surface area (Å²) in [5.41, 5.74) is 2.31. The minimum atomic E-state index is -0.227. The molecule has 1 unspecified atom stereocenters. The summed E-state index contributed by atoms with van der Waals surface area (Å²) < 4.78 is 1.89. The number of nitrogens with zero attached hydrogens (tertiary/aromatic N) is 4. The Hall–Kier alpha value is -2.18. The van der Waals surface area contributed by atoms with Gasteiger partial charge < -0.3 is 5.32 Å². The number of H-pyrrole nitrogens is 1. The fourth-order valence-electron chi connectivity index (χ4n) is 2.82. The second kappa shape index (κ2) is 5.67. The van der Waals surface area contributed by atoms with Crippen LogP contribution in [-0.2, 0) is 19.9 Å². The van der Waals surface area contributed by atoms with Crippen LogP contribution in [0.25, 0.3) is 0 Å². The van der Waals surface area contributed by atoms with Crippen molar-refractivity contribution in [3.8, 4) is 0 Å². The van der Waals surface area contributed by atoms with E-state index in [9.17, 15) is 4.79 Å². The lowest BCUT2D eigenvalue weighted by molar-refractivity contribution is 0.0922. The minimum absolute atomic E-state index is 0.00285. The van der Waals surface area contributed by atoms with E-state index in [4.69, 9.17) is 0 Å². The molecular formula is C14H20N6O. The van der Waals surface area contributed by atoms with E-state index in [0.717, 1.165) is 43.5 Å². The van der Waals surface area contributed by atoms with Crippen LogP contribution in [0.1, 0.15) is 59.9 Å². The van der Waals surface area contributed by atoms with Crippen molar-refractivity contribution in [2.45, 2.75) is 45.1 Å². The zero-order valence-electron chi connectivity index (χ0n) is 12.4. The van der Waals surface area contributed by atoms with Crippen LogP contribution in [0.3, 0.4) is 0 Å². The molecule has 0 fully saturated rings. The van der Waals surface area contributed by atoms with Crippen molar-refractivity contribution in [3.63, 3.8) is 0 Å². The number of fused-ring (bicyclic) bond motifs is 1. The zero-order valence-corrected chi connectivity index (χ0v) is 12.4. The summed E-state index contributed by atoms with van der Waals surface area (Å²) in [4.78, 5) is 16.5. The molecule has 0 aromatic carbocycles. The molecule has 1 aliphatic rings. The van der Waals surface area contributed by atoms with Crippen LogP contribution in [0.4, 0.5) is 0 Å². The van der Waals surface area contributed by atoms with Gasteiger partial charge in [0, 0.05) is 24.7 Å². The number of carbonyl (C=O) groups is 1. The fraction of sp³-hybridized carbons (Fsp3) is 0.571. The Balaban J connectivity index is 1.73. The fourth-order valence-corrected chi connectivity index (χ4v) is 2.82. The van der Waals surface area contributed by atoms with Gasteiger partial charge in [0.25, 0.3) is 5.91 Å². The summed E-state index contributed by atoms with van der Waals surface area (Å²) in [7, 11) is 1.94. The van der Waals surface area contributed by atoms with Gasteiger partial charge in [-0.05, 0) is 25.7 Å². The lowest BCUT2D eigenvalue weighted by Gasteiger charge is -2.23. The highest BCUT2D eigenvalue weighted by Gasteiger charge is 2.26. The van der Waals surface area contributed by atoms with Gasteiger partial charge in [0.05, 0.1) is 12.2 Å². The summed E-state index contributed by atoms with van der Waals surface area (Å²) in [6, 6.07) is 0.00285.